The first-order valence-corrected chi connectivity index (χ1v) is 4.37. The van der Waals surface area contributed by atoms with Gasteiger partial charge in [0.2, 0.25) is 5.88 Å². The van der Waals surface area contributed by atoms with E-state index in [-0.39, 0.29) is 0 Å². The van der Waals surface area contributed by atoms with E-state index in [1.807, 2.05) is 19.9 Å². The maximum Gasteiger partial charge on any atom is 0.213 e. The first-order chi connectivity index (χ1) is 6.19. The van der Waals surface area contributed by atoms with Crippen molar-refractivity contribution in [3.8, 4) is 5.88 Å². The summed E-state index contributed by atoms with van der Waals surface area (Å²) in [5.41, 5.74) is 1.89. The quantitative estimate of drug-likeness (QED) is 0.773. The second-order valence-electron chi connectivity index (χ2n) is 3.01. The lowest BCUT2D eigenvalue weighted by Crippen LogP contribution is -2.00. The number of nitrogens with zero attached hydrogens (tertiary/aromatic N) is 1. The van der Waals surface area contributed by atoms with Crippen LogP contribution in [0.5, 0.6) is 5.88 Å². The summed E-state index contributed by atoms with van der Waals surface area (Å²) in [7, 11) is 1.58. The van der Waals surface area contributed by atoms with Gasteiger partial charge in [-0.3, -0.25) is 0 Å². The van der Waals surface area contributed by atoms with Gasteiger partial charge in [0.15, 0.2) is 0 Å². The molecule has 1 N–H and O–H groups in total. The zero-order valence-electron chi connectivity index (χ0n) is 8.24. The second kappa shape index (κ2) is 4.23. The van der Waals surface area contributed by atoms with Gasteiger partial charge in [-0.25, -0.2) is 4.98 Å². The van der Waals surface area contributed by atoms with Gasteiger partial charge < -0.3 is 9.84 Å². The van der Waals surface area contributed by atoms with Crippen LogP contribution in [0.15, 0.2) is 12.3 Å². The number of hydrogen-bond donors (Lipinski definition) is 1. The van der Waals surface area contributed by atoms with E-state index < -0.39 is 6.10 Å². The molecule has 1 aromatic rings. The van der Waals surface area contributed by atoms with Gasteiger partial charge in [-0.05, 0) is 18.9 Å². The maximum absolute atomic E-state index is 9.59. The van der Waals surface area contributed by atoms with E-state index in [0.717, 1.165) is 11.1 Å². The molecule has 0 aliphatic rings. The van der Waals surface area contributed by atoms with Gasteiger partial charge in [0.1, 0.15) is 0 Å². The molecule has 0 saturated carbocycles. The monoisotopic (exact) mass is 181 g/mol. The highest BCUT2D eigenvalue weighted by Crippen LogP contribution is 2.21. The average Bonchev–Trinajstić information content (AvgIpc) is 2.16. The minimum absolute atomic E-state index is 0.418. The number of aromatic nitrogens is 1. The van der Waals surface area contributed by atoms with Crippen molar-refractivity contribution in [1.29, 1.82) is 0 Å². The van der Waals surface area contributed by atoms with Crippen LogP contribution in [0.1, 0.15) is 30.6 Å². The van der Waals surface area contributed by atoms with Gasteiger partial charge in [0.05, 0.1) is 13.2 Å². The minimum atomic E-state index is -0.418. The molecule has 0 saturated heterocycles. The largest absolute Gasteiger partial charge is 0.481 e. The van der Waals surface area contributed by atoms with Crippen molar-refractivity contribution >= 4 is 0 Å². The van der Waals surface area contributed by atoms with Crippen LogP contribution in [-0.2, 0) is 0 Å². The van der Waals surface area contributed by atoms with Crippen molar-refractivity contribution in [2.24, 2.45) is 0 Å². The Labute approximate surface area is 78.4 Å². The summed E-state index contributed by atoms with van der Waals surface area (Å²) in [5, 5.41) is 9.59. The van der Waals surface area contributed by atoms with E-state index in [1.165, 1.54) is 0 Å². The fourth-order valence-corrected chi connectivity index (χ4v) is 1.22. The number of aliphatic hydroxyl groups is 1. The van der Waals surface area contributed by atoms with Crippen molar-refractivity contribution in [1.82, 2.24) is 4.98 Å². The fraction of sp³-hybridized carbons (Fsp3) is 0.500. The SMILES string of the molecule is CC[C@@H](O)c1cnc(OC)cc1C. The van der Waals surface area contributed by atoms with Gasteiger partial charge in [0.25, 0.3) is 0 Å². The lowest BCUT2D eigenvalue weighted by molar-refractivity contribution is 0.172. The van der Waals surface area contributed by atoms with Crippen molar-refractivity contribution in [3.05, 3.63) is 23.4 Å². The Kier molecular flexibility index (Phi) is 3.25. The molecule has 0 bridgehead atoms. The molecular weight excluding hydrogens is 166 g/mol. The molecule has 3 heteroatoms. The zero-order valence-corrected chi connectivity index (χ0v) is 8.24. The summed E-state index contributed by atoms with van der Waals surface area (Å²) in [5.74, 6) is 0.588. The highest BCUT2D eigenvalue weighted by atomic mass is 16.5. The Morgan fingerprint density at radius 1 is 1.62 bits per heavy atom. The minimum Gasteiger partial charge on any atom is -0.481 e. The molecule has 0 spiro atoms. The smallest absolute Gasteiger partial charge is 0.213 e. The van der Waals surface area contributed by atoms with E-state index in [2.05, 4.69) is 4.98 Å². The number of aliphatic hydroxyl groups excluding tert-OH is 1. The van der Waals surface area contributed by atoms with Crippen molar-refractivity contribution < 1.29 is 9.84 Å². The van der Waals surface area contributed by atoms with Gasteiger partial charge in [-0.2, -0.15) is 0 Å². The summed E-state index contributed by atoms with van der Waals surface area (Å²) in [4.78, 5) is 4.04. The van der Waals surface area contributed by atoms with Crippen molar-refractivity contribution in [3.63, 3.8) is 0 Å². The predicted octanol–water partition coefficient (Wildman–Crippen LogP) is 1.84. The summed E-state index contributed by atoms with van der Waals surface area (Å²) < 4.78 is 4.97. The van der Waals surface area contributed by atoms with Gasteiger partial charge in [-0.1, -0.05) is 6.92 Å². The van der Waals surface area contributed by atoms with E-state index in [4.69, 9.17) is 4.74 Å². The molecule has 72 valence electrons. The molecule has 13 heavy (non-hydrogen) atoms. The Bertz CT molecular complexity index is 286. The number of rotatable bonds is 3. The maximum atomic E-state index is 9.59. The molecule has 3 nitrogen and oxygen atoms in total. The molecule has 0 aliphatic heterocycles. The molecule has 1 aromatic heterocycles. The second-order valence-corrected chi connectivity index (χ2v) is 3.01. The van der Waals surface area contributed by atoms with Crippen LogP contribution in [-0.4, -0.2) is 17.2 Å². The van der Waals surface area contributed by atoms with Crippen LogP contribution in [0.4, 0.5) is 0 Å². The third kappa shape index (κ3) is 2.18. The predicted molar refractivity (Wildman–Crippen MR) is 50.8 cm³/mol. The topological polar surface area (TPSA) is 42.4 Å². The van der Waals surface area contributed by atoms with E-state index >= 15 is 0 Å². The fourth-order valence-electron chi connectivity index (χ4n) is 1.22. The lowest BCUT2D eigenvalue weighted by Gasteiger charge is -2.11. The summed E-state index contributed by atoms with van der Waals surface area (Å²) in [6, 6.07) is 1.83. The van der Waals surface area contributed by atoms with Gasteiger partial charge >= 0.3 is 0 Å². The van der Waals surface area contributed by atoms with Crippen molar-refractivity contribution in [2.45, 2.75) is 26.4 Å². The van der Waals surface area contributed by atoms with Crippen LogP contribution in [0, 0.1) is 6.92 Å². The third-order valence-corrected chi connectivity index (χ3v) is 2.08. The molecule has 1 heterocycles. The molecule has 1 atom stereocenters. The number of hydrogen-bond acceptors (Lipinski definition) is 3. The van der Waals surface area contributed by atoms with E-state index in [9.17, 15) is 5.11 Å². The third-order valence-electron chi connectivity index (χ3n) is 2.08. The molecule has 0 unspecified atom stereocenters. The molecule has 0 fully saturated rings. The summed E-state index contributed by atoms with van der Waals surface area (Å²) in [6.45, 7) is 3.88. The van der Waals surface area contributed by atoms with Crippen molar-refractivity contribution in [2.75, 3.05) is 7.11 Å². The lowest BCUT2D eigenvalue weighted by atomic mass is 10.0. The Hall–Kier alpha value is -1.09. The van der Waals surface area contributed by atoms with Gasteiger partial charge in [-0.15, -0.1) is 0 Å². The molecule has 0 radical (unpaired) electrons. The first-order valence-electron chi connectivity index (χ1n) is 4.37. The Balaban J connectivity index is 2.98. The number of ether oxygens (including phenoxy) is 1. The Morgan fingerprint density at radius 3 is 2.77 bits per heavy atom. The van der Waals surface area contributed by atoms with Crippen LogP contribution < -0.4 is 4.74 Å². The number of aryl methyl sites for hydroxylation is 1. The van der Waals surface area contributed by atoms with Crippen LogP contribution in [0.2, 0.25) is 0 Å². The highest BCUT2D eigenvalue weighted by molar-refractivity contribution is 5.29. The highest BCUT2D eigenvalue weighted by Gasteiger charge is 2.09. The van der Waals surface area contributed by atoms with E-state index in [1.54, 1.807) is 13.3 Å². The van der Waals surface area contributed by atoms with Crippen LogP contribution in [0.3, 0.4) is 0 Å². The first kappa shape index (κ1) is 9.99. The molecule has 1 rings (SSSR count). The molecular formula is C10H15NO2. The molecule has 0 amide bonds. The van der Waals surface area contributed by atoms with E-state index in [0.29, 0.717) is 12.3 Å². The standard InChI is InChI=1S/C10H15NO2/c1-4-9(12)8-6-11-10(13-3)5-7(8)2/h5-6,9,12H,4H2,1-3H3/t9-/m1/s1. The molecule has 0 aliphatic carbocycles. The normalized spacial score (nSPS) is 12.6. The van der Waals surface area contributed by atoms with Crippen LogP contribution >= 0.6 is 0 Å². The number of pyridine rings is 1. The Morgan fingerprint density at radius 2 is 2.31 bits per heavy atom. The summed E-state index contributed by atoms with van der Waals surface area (Å²) in [6.07, 6.45) is 1.95. The molecule has 0 aromatic carbocycles. The zero-order chi connectivity index (χ0) is 9.84. The average molecular weight is 181 g/mol. The number of methoxy groups -OCH3 is 1. The van der Waals surface area contributed by atoms with Gasteiger partial charge in [0, 0.05) is 17.8 Å². The van der Waals surface area contributed by atoms with Crippen LogP contribution in [0.25, 0.3) is 0 Å². The summed E-state index contributed by atoms with van der Waals surface area (Å²) >= 11 is 0.